The summed E-state index contributed by atoms with van der Waals surface area (Å²) in [7, 11) is 0. The second-order valence-electron chi connectivity index (χ2n) is 4.75. The minimum absolute atomic E-state index is 0.175. The van der Waals surface area contributed by atoms with Gasteiger partial charge in [0.1, 0.15) is 0 Å². The van der Waals surface area contributed by atoms with Crippen LogP contribution in [-0.2, 0) is 6.54 Å². The zero-order valence-corrected chi connectivity index (χ0v) is 10.1. The predicted octanol–water partition coefficient (Wildman–Crippen LogP) is 0.942. The molecular formula is C12H21N3O. The first-order valence-electron chi connectivity index (χ1n) is 6.06. The fraction of sp³-hybridized carbons (Fsp3) is 0.750. The van der Waals surface area contributed by atoms with Gasteiger partial charge in [0.2, 0.25) is 0 Å². The van der Waals surface area contributed by atoms with Crippen LogP contribution in [0.2, 0.25) is 0 Å². The SMILES string of the molecule is CCNC(CO)(Cn1nccc1C)C1CC1. The van der Waals surface area contributed by atoms with E-state index >= 15 is 0 Å². The van der Waals surface area contributed by atoms with Gasteiger partial charge in [0.25, 0.3) is 0 Å². The van der Waals surface area contributed by atoms with Crippen LogP contribution in [0, 0.1) is 12.8 Å². The molecule has 1 aromatic rings. The van der Waals surface area contributed by atoms with Crippen molar-refractivity contribution in [3.63, 3.8) is 0 Å². The number of aryl methyl sites for hydroxylation is 1. The first-order valence-corrected chi connectivity index (χ1v) is 6.06. The van der Waals surface area contributed by atoms with Crippen molar-refractivity contribution in [1.29, 1.82) is 0 Å². The molecule has 0 amide bonds. The molecule has 1 aromatic heterocycles. The lowest BCUT2D eigenvalue weighted by molar-refractivity contribution is 0.119. The smallest absolute Gasteiger partial charge is 0.0641 e. The van der Waals surface area contributed by atoms with E-state index in [2.05, 4.69) is 17.3 Å². The minimum Gasteiger partial charge on any atom is -0.394 e. The lowest BCUT2D eigenvalue weighted by atomic mass is 9.94. The van der Waals surface area contributed by atoms with Crippen molar-refractivity contribution in [2.24, 2.45) is 5.92 Å². The fourth-order valence-corrected chi connectivity index (χ4v) is 2.38. The Morgan fingerprint density at radius 3 is 2.81 bits per heavy atom. The van der Waals surface area contributed by atoms with Gasteiger partial charge < -0.3 is 10.4 Å². The molecule has 0 saturated heterocycles. The molecule has 1 atom stereocenters. The van der Waals surface area contributed by atoms with Gasteiger partial charge in [-0.15, -0.1) is 0 Å². The van der Waals surface area contributed by atoms with E-state index in [9.17, 15) is 5.11 Å². The van der Waals surface area contributed by atoms with Gasteiger partial charge in [-0.2, -0.15) is 5.10 Å². The van der Waals surface area contributed by atoms with E-state index in [-0.39, 0.29) is 12.1 Å². The van der Waals surface area contributed by atoms with E-state index in [1.165, 1.54) is 12.8 Å². The first kappa shape index (κ1) is 11.6. The highest BCUT2D eigenvalue weighted by Crippen LogP contribution is 2.40. The third kappa shape index (κ3) is 2.13. The Hall–Kier alpha value is -0.870. The number of nitrogens with zero attached hydrogens (tertiary/aromatic N) is 2. The van der Waals surface area contributed by atoms with Crippen LogP contribution >= 0.6 is 0 Å². The zero-order valence-electron chi connectivity index (χ0n) is 10.1. The van der Waals surface area contributed by atoms with Crippen LogP contribution in [0.5, 0.6) is 0 Å². The maximum atomic E-state index is 9.70. The number of aromatic nitrogens is 2. The van der Waals surface area contributed by atoms with Gasteiger partial charge in [0.05, 0.1) is 18.7 Å². The highest BCUT2D eigenvalue weighted by atomic mass is 16.3. The number of hydrogen-bond donors (Lipinski definition) is 2. The highest BCUT2D eigenvalue weighted by Gasteiger charge is 2.44. The standard InChI is InChI=1S/C12H21N3O/c1-3-13-12(9-16,11-4-5-11)8-15-10(2)6-7-14-15/h6-7,11,13,16H,3-5,8-9H2,1-2H3. The second-order valence-corrected chi connectivity index (χ2v) is 4.75. The third-order valence-corrected chi connectivity index (χ3v) is 3.53. The van der Waals surface area contributed by atoms with E-state index in [0.717, 1.165) is 18.8 Å². The van der Waals surface area contributed by atoms with E-state index in [1.54, 1.807) is 0 Å². The van der Waals surface area contributed by atoms with Gasteiger partial charge in [-0.1, -0.05) is 6.92 Å². The van der Waals surface area contributed by atoms with E-state index in [0.29, 0.717) is 5.92 Å². The quantitative estimate of drug-likeness (QED) is 0.754. The summed E-state index contributed by atoms with van der Waals surface area (Å²) < 4.78 is 1.98. The molecule has 1 aliphatic rings. The Balaban J connectivity index is 2.15. The molecule has 1 unspecified atom stereocenters. The molecule has 2 rings (SSSR count). The molecule has 0 bridgehead atoms. The molecule has 1 fully saturated rings. The van der Waals surface area contributed by atoms with Crippen LogP contribution in [0.4, 0.5) is 0 Å². The number of nitrogens with one attached hydrogen (secondary N) is 1. The summed E-state index contributed by atoms with van der Waals surface area (Å²) in [5.74, 6) is 0.598. The predicted molar refractivity (Wildman–Crippen MR) is 63.2 cm³/mol. The number of likely N-dealkylation sites (N-methyl/N-ethyl adjacent to an activating group) is 1. The Morgan fingerprint density at radius 2 is 2.38 bits per heavy atom. The number of rotatable bonds is 6. The van der Waals surface area contributed by atoms with Gasteiger partial charge in [-0.25, -0.2) is 0 Å². The monoisotopic (exact) mass is 223 g/mol. The van der Waals surface area contributed by atoms with Gasteiger partial charge >= 0.3 is 0 Å². The van der Waals surface area contributed by atoms with Crippen molar-refractivity contribution in [2.75, 3.05) is 13.2 Å². The minimum atomic E-state index is -0.175. The summed E-state index contributed by atoms with van der Waals surface area (Å²) >= 11 is 0. The van der Waals surface area contributed by atoms with Crippen LogP contribution < -0.4 is 5.32 Å². The molecule has 0 radical (unpaired) electrons. The van der Waals surface area contributed by atoms with Crippen molar-refractivity contribution in [3.8, 4) is 0 Å². The Labute approximate surface area is 96.7 Å². The van der Waals surface area contributed by atoms with E-state index in [4.69, 9.17) is 0 Å². The van der Waals surface area contributed by atoms with Crippen LogP contribution in [0.25, 0.3) is 0 Å². The number of aliphatic hydroxyl groups excluding tert-OH is 1. The summed E-state index contributed by atoms with van der Waals surface area (Å²) in [6, 6.07) is 2.00. The van der Waals surface area contributed by atoms with Crippen LogP contribution in [-0.4, -0.2) is 33.6 Å². The summed E-state index contributed by atoms with van der Waals surface area (Å²) in [5.41, 5.74) is 0.974. The fourth-order valence-electron chi connectivity index (χ4n) is 2.38. The van der Waals surface area contributed by atoms with E-state index in [1.807, 2.05) is 23.9 Å². The molecule has 1 aliphatic carbocycles. The van der Waals surface area contributed by atoms with Gasteiger partial charge in [0, 0.05) is 11.9 Å². The Morgan fingerprint density at radius 1 is 1.62 bits per heavy atom. The molecule has 2 N–H and O–H groups in total. The molecule has 0 aliphatic heterocycles. The average Bonchev–Trinajstić information content (AvgIpc) is 3.05. The Kier molecular flexibility index (Phi) is 3.30. The summed E-state index contributed by atoms with van der Waals surface area (Å²) in [6.07, 6.45) is 4.25. The van der Waals surface area contributed by atoms with Gasteiger partial charge in [-0.05, 0) is 38.3 Å². The largest absolute Gasteiger partial charge is 0.394 e. The maximum absolute atomic E-state index is 9.70. The molecule has 1 heterocycles. The van der Waals surface area contributed by atoms with E-state index < -0.39 is 0 Å². The van der Waals surface area contributed by atoms with Gasteiger partial charge in [-0.3, -0.25) is 4.68 Å². The molecule has 4 nitrogen and oxygen atoms in total. The molecule has 1 saturated carbocycles. The molecule has 0 spiro atoms. The van der Waals surface area contributed by atoms with Gasteiger partial charge in [0.15, 0.2) is 0 Å². The maximum Gasteiger partial charge on any atom is 0.0641 e. The molecule has 90 valence electrons. The van der Waals surface area contributed by atoms with Crippen molar-refractivity contribution < 1.29 is 5.11 Å². The number of aliphatic hydroxyl groups is 1. The molecule has 0 aromatic carbocycles. The highest BCUT2D eigenvalue weighted by molar-refractivity contribution is 5.04. The lowest BCUT2D eigenvalue weighted by Gasteiger charge is -2.33. The van der Waals surface area contributed by atoms with Crippen molar-refractivity contribution in [3.05, 3.63) is 18.0 Å². The van der Waals surface area contributed by atoms with Crippen molar-refractivity contribution in [1.82, 2.24) is 15.1 Å². The third-order valence-electron chi connectivity index (χ3n) is 3.53. The average molecular weight is 223 g/mol. The Bertz CT molecular complexity index is 346. The summed E-state index contributed by atoms with van der Waals surface area (Å²) in [6.45, 7) is 5.97. The summed E-state index contributed by atoms with van der Waals surface area (Å²) in [5, 5.41) is 17.5. The number of hydrogen-bond acceptors (Lipinski definition) is 3. The molecular weight excluding hydrogens is 202 g/mol. The molecule has 16 heavy (non-hydrogen) atoms. The van der Waals surface area contributed by atoms with Crippen LogP contribution in [0.1, 0.15) is 25.5 Å². The normalized spacial score (nSPS) is 19.7. The van der Waals surface area contributed by atoms with Crippen molar-refractivity contribution in [2.45, 2.75) is 38.8 Å². The van der Waals surface area contributed by atoms with Crippen molar-refractivity contribution >= 4 is 0 Å². The van der Waals surface area contributed by atoms with Crippen LogP contribution in [0.15, 0.2) is 12.3 Å². The lowest BCUT2D eigenvalue weighted by Crippen LogP contribution is -2.54. The zero-order chi connectivity index (χ0) is 11.6. The topological polar surface area (TPSA) is 50.1 Å². The first-order chi connectivity index (χ1) is 7.72. The molecule has 4 heteroatoms. The summed E-state index contributed by atoms with van der Waals surface area (Å²) in [4.78, 5) is 0. The second kappa shape index (κ2) is 4.55. The van der Waals surface area contributed by atoms with Crippen LogP contribution in [0.3, 0.4) is 0 Å².